The molecule has 0 saturated carbocycles. The summed E-state index contributed by atoms with van der Waals surface area (Å²) in [4.78, 5) is 5.12. The van der Waals surface area contributed by atoms with Gasteiger partial charge in [0.15, 0.2) is 5.58 Å². The summed E-state index contributed by atoms with van der Waals surface area (Å²) in [5, 5.41) is 2.31. The summed E-state index contributed by atoms with van der Waals surface area (Å²) in [5.41, 5.74) is 26.1. The standard InChI is InChI=1S/C69H68BN3O/c1-65(2,3)42-23-28-48(29-24-42)71(49-30-25-43(26-31-49)66(4,5)6)50-32-33-54-57(40-50)72-56-34-27-45(67(7,8)9)35-52(56)41-19-21-44(22-20-41)69(13,14)47-38-58(72)61-59(39-47)73-62-53(36-46(68(10,11)12)37-55(62)70(54)61)64-63(73)51-17-15-16-18-60(51)74-64/h15-40H,1-14H3. The van der Waals surface area contributed by atoms with Crippen molar-refractivity contribution in [2.75, 3.05) is 9.80 Å². The normalized spacial score (nSPS) is 14.7. The van der Waals surface area contributed by atoms with Gasteiger partial charge in [-0.2, -0.15) is 0 Å². The van der Waals surface area contributed by atoms with Crippen LogP contribution in [0.2, 0.25) is 0 Å². The minimum Gasteiger partial charge on any atom is -0.454 e. The molecule has 2 aromatic heterocycles. The lowest BCUT2D eigenvalue weighted by Gasteiger charge is -2.43. The number of furan rings is 1. The summed E-state index contributed by atoms with van der Waals surface area (Å²) in [7, 11) is 0. The van der Waals surface area contributed by atoms with Crippen molar-refractivity contribution in [1.29, 1.82) is 0 Å². The maximum Gasteiger partial charge on any atom is 0.252 e. The molecule has 0 unspecified atom stereocenters. The zero-order valence-electron chi connectivity index (χ0n) is 45.8. The molecule has 0 fully saturated rings. The van der Waals surface area contributed by atoms with Crippen molar-refractivity contribution in [2.24, 2.45) is 0 Å². The fourth-order valence-electron chi connectivity index (χ4n) is 12.5. The summed E-state index contributed by atoms with van der Waals surface area (Å²) >= 11 is 0. The molecular weight excluding hydrogens is 898 g/mol. The highest BCUT2D eigenvalue weighted by Gasteiger charge is 2.45. The van der Waals surface area contributed by atoms with Gasteiger partial charge in [-0.15, -0.1) is 0 Å². The van der Waals surface area contributed by atoms with E-state index in [0.29, 0.717) is 0 Å². The van der Waals surface area contributed by atoms with Gasteiger partial charge in [-0.05, 0) is 156 Å². The first-order valence-electron chi connectivity index (χ1n) is 26.9. The van der Waals surface area contributed by atoms with Gasteiger partial charge in [-0.25, -0.2) is 0 Å². The maximum atomic E-state index is 7.04. The van der Waals surface area contributed by atoms with Gasteiger partial charge < -0.3 is 18.8 Å². The molecule has 0 spiro atoms. The zero-order valence-corrected chi connectivity index (χ0v) is 45.8. The van der Waals surface area contributed by atoms with E-state index < -0.39 is 0 Å². The number of aromatic nitrogens is 1. The number of rotatable bonds is 3. The van der Waals surface area contributed by atoms with E-state index in [1.54, 1.807) is 0 Å². The number of hydrogen-bond acceptors (Lipinski definition) is 3. The number of hydrogen-bond donors (Lipinski definition) is 0. The Balaban J connectivity index is 1.18. The van der Waals surface area contributed by atoms with Crippen molar-refractivity contribution in [3.63, 3.8) is 0 Å². The number of anilines is 6. The third-order valence-corrected chi connectivity index (χ3v) is 17.0. The van der Waals surface area contributed by atoms with E-state index in [-0.39, 0.29) is 33.8 Å². The molecule has 4 aliphatic heterocycles. The fraction of sp³-hybridized carbons (Fsp3) is 0.275. The SMILES string of the molecule is CC(C)(C)c1ccc(N(c2ccc(C(C)(C)C)cc2)c2ccc3c(c2)N2c4ccc(C(C)(C)C)cc4-c4ccc(cc4)C(C)(C)c4cc2c2c(c4)-n4c5c(cc(C(C)(C)C)cc5c5oc6ccccc6c54)B32)cc1. The van der Waals surface area contributed by atoms with Crippen molar-refractivity contribution in [3.8, 4) is 16.8 Å². The van der Waals surface area contributed by atoms with Crippen LogP contribution < -0.4 is 26.2 Å². The van der Waals surface area contributed by atoms with Gasteiger partial charge in [0.25, 0.3) is 6.71 Å². The Kier molecular flexibility index (Phi) is 9.70. The molecule has 368 valence electrons. The van der Waals surface area contributed by atoms with Crippen LogP contribution in [0.25, 0.3) is 49.8 Å². The Hall–Kier alpha value is -7.24. The average molecular weight is 966 g/mol. The average Bonchev–Trinajstić information content (AvgIpc) is 3.89. The second-order valence-electron chi connectivity index (χ2n) is 26.4. The molecule has 0 aliphatic carbocycles. The van der Waals surface area contributed by atoms with E-state index in [1.807, 2.05) is 0 Å². The summed E-state index contributed by atoms with van der Waals surface area (Å²) in [5.74, 6) is 0. The molecule has 0 amide bonds. The van der Waals surface area contributed by atoms with E-state index in [0.717, 1.165) is 39.1 Å². The van der Waals surface area contributed by atoms with Crippen LogP contribution in [0.1, 0.15) is 130 Å². The van der Waals surface area contributed by atoms with E-state index in [4.69, 9.17) is 4.42 Å². The van der Waals surface area contributed by atoms with E-state index in [2.05, 4.69) is 269 Å². The van der Waals surface area contributed by atoms with Gasteiger partial charge in [0.05, 0.1) is 11.2 Å². The topological polar surface area (TPSA) is 24.6 Å². The first-order chi connectivity index (χ1) is 35.0. The molecule has 0 radical (unpaired) electrons. The van der Waals surface area contributed by atoms with Crippen molar-refractivity contribution >= 4 is 90.2 Å². The largest absolute Gasteiger partial charge is 0.454 e. The molecule has 4 nitrogen and oxygen atoms in total. The van der Waals surface area contributed by atoms with Crippen LogP contribution >= 0.6 is 0 Å². The number of fused-ring (bicyclic) bond motifs is 11. The molecule has 4 aliphatic rings. The molecule has 74 heavy (non-hydrogen) atoms. The minimum atomic E-state index is -0.337. The molecule has 0 atom stereocenters. The number of para-hydroxylation sites is 1. The zero-order chi connectivity index (χ0) is 51.8. The quantitative estimate of drug-likeness (QED) is 0.165. The summed E-state index contributed by atoms with van der Waals surface area (Å²) in [6, 6.07) is 61.3. The highest BCUT2D eigenvalue weighted by molar-refractivity contribution is 7.00. The van der Waals surface area contributed by atoms with Crippen LogP contribution in [0, 0.1) is 0 Å². The van der Waals surface area contributed by atoms with Gasteiger partial charge in [0, 0.05) is 55.9 Å². The molecule has 14 rings (SSSR count). The van der Waals surface area contributed by atoms with Crippen molar-refractivity contribution in [3.05, 3.63) is 191 Å². The molecule has 0 N–H and O–H groups in total. The lowest BCUT2D eigenvalue weighted by atomic mass is 9.33. The molecular formula is C69H68BN3O. The van der Waals surface area contributed by atoms with E-state index in [9.17, 15) is 0 Å². The highest BCUT2D eigenvalue weighted by Crippen LogP contribution is 2.51. The fourth-order valence-corrected chi connectivity index (χ4v) is 12.5. The lowest BCUT2D eigenvalue weighted by Crippen LogP contribution is -2.60. The van der Waals surface area contributed by atoms with Crippen LogP contribution in [0.5, 0.6) is 0 Å². The van der Waals surface area contributed by atoms with Gasteiger partial charge in [0.1, 0.15) is 11.1 Å². The molecule has 6 heterocycles. The Morgan fingerprint density at radius 1 is 0.446 bits per heavy atom. The second-order valence-corrected chi connectivity index (χ2v) is 26.4. The Morgan fingerprint density at radius 2 is 1.03 bits per heavy atom. The third kappa shape index (κ3) is 6.87. The lowest BCUT2D eigenvalue weighted by molar-refractivity contribution is 0.590. The minimum absolute atomic E-state index is 0.0247. The van der Waals surface area contributed by atoms with E-state index in [1.165, 1.54) is 94.5 Å². The second kappa shape index (κ2) is 15.4. The van der Waals surface area contributed by atoms with Gasteiger partial charge in [-0.3, -0.25) is 0 Å². The first-order valence-corrected chi connectivity index (χ1v) is 26.9. The summed E-state index contributed by atoms with van der Waals surface area (Å²) in [6.45, 7) is 32.5. The smallest absolute Gasteiger partial charge is 0.252 e. The highest BCUT2D eigenvalue weighted by atomic mass is 16.3. The predicted octanol–water partition coefficient (Wildman–Crippen LogP) is 17.1. The Labute approximate surface area is 438 Å². The molecule has 0 saturated heterocycles. The number of nitrogens with zero attached hydrogens (tertiary/aromatic N) is 3. The van der Waals surface area contributed by atoms with Crippen LogP contribution in [0.3, 0.4) is 0 Å². The molecule has 10 aromatic rings. The van der Waals surface area contributed by atoms with Crippen molar-refractivity contribution in [2.45, 2.75) is 124 Å². The van der Waals surface area contributed by atoms with Gasteiger partial charge in [-0.1, -0.05) is 176 Å². The Bertz CT molecular complexity index is 3890. The van der Waals surface area contributed by atoms with Crippen LogP contribution in [0.15, 0.2) is 162 Å². The monoisotopic (exact) mass is 966 g/mol. The molecule has 5 heteroatoms. The van der Waals surface area contributed by atoms with Gasteiger partial charge in [0.2, 0.25) is 0 Å². The molecule has 8 aromatic carbocycles. The number of benzene rings is 8. The molecule has 4 bridgehead atoms. The predicted molar refractivity (Wildman–Crippen MR) is 317 cm³/mol. The van der Waals surface area contributed by atoms with Gasteiger partial charge >= 0.3 is 0 Å². The van der Waals surface area contributed by atoms with Crippen molar-refractivity contribution in [1.82, 2.24) is 4.57 Å². The van der Waals surface area contributed by atoms with Crippen molar-refractivity contribution < 1.29 is 4.42 Å². The van der Waals surface area contributed by atoms with E-state index >= 15 is 0 Å². The van der Waals surface area contributed by atoms with Crippen LogP contribution in [-0.4, -0.2) is 11.3 Å². The van der Waals surface area contributed by atoms with Crippen LogP contribution in [0.4, 0.5) is 34.1 Å². The summed E-state index contributed by atoms with van der Waals surface area (Å²) < 4.78 is 9.64. The van der Waals surface area contributed by atoms with Crippen LogP contribution in [-0.2, 0) is 27.1 Å². The first kappa shape index (κ1) is 46.5. The summed E-state index contributed by atoms with van der Waals surface area (Å²) in [6.07, 6.45) is 0. The third-order valence-electron chi connectivity index (χ3n) is 17.0. The maximum absolute atomic E-state index is 7.04. The Morgan fingerprint density at radius 3 is 1.65 bits per heavy atom.